The third kappa shape index (κ3) is 2.87. The number of piperazine rings is 1. The van der Waals surface area contributed by atoms with Gasteiger partial charge in [0.05, 0.1) is 11.0 Å². The maximum absolute atomic E-state index is 13.5. The number of carbonyl (C=O) groups excluding carboxylic acids is 2. The fraction of sp³-hybridized carbons (Fsp3) is 0.636. The molecule has 0 spiro atoms. The lowest BCUT2D eigenvalue weighted by Crippen LogP contribution is -2.62. The molecule has 4 bridgehead atoms. The monoisotopic (exact) mass is 368 g/mol. The lowest BCUT2D eigenvalue weighted by Gasteiger charge is -2.60. The minimum Gasteiger partial charge on any atom is -0.390 e. The zero-order chi connectivity index (χ0) is 18.6. The van der Waals surface area contributed by atoms with Crippen LogP contribution in [-0.4, -0.2) is 58.5 Å². The summed E-state index contributed by atoms with van der Waals surface area (Å²) in [6.45, 7) is 2.39. The molecule has 0 radical (unpaired) electrons. The molecule has 2 amide bonds. The standard InChI is InChI=1S/C22H28N2O3/c25-19(18-4-2-1-3-5-18)23-6-8-24(9-7-23)20(26)21-11-16-10-17(12-21)14-22(27,13-16)15-21/h1-5,16-17,27H,6-15H2/t16-,17+,21?,22?. The summed E-state index contributed by atoms with van der Waals surface area (Å²) >= 11 is 0. The highest BCUT2D eigenvalue weighted by atomic mass is 16.3. The second-order valence-electron chi connectivity index (χ2n) is 9.42. The SMILES string of the molecule is O=C(c1ccccc1)N1CCN(C(=O)C23C[C@@H]4C[C@@H](CC(O)(C4)C2)C3)CC1. The Balaban J connectivity index is 1.26. The van der Waals surface area contributed by atoms with Crippen LogP contribution in [0.15, 0.2) is 30.3 Å². The molecule has 2 unspecified atom stereocenters. The van der Waals surface area contributed by atoms with Crippen LogP contribution in [0.2, 0.25) is 0 Å². The molecule has 6 rings (SSSR count). The van der Waals surface area contributed by atoms with Gasteiger partial charge >= 0.3 is 0 Å². The number of rotatable bonds is 2. The summed E-state index contributed by atoms with van der Waals surface area (Å²) in [4.78, 5) is 29.9. The van der Waals surface area contributed by atoms with E-state index in [2.05, 4.69) is 0 Å². The normalized spacial score (nSPS) is 37.5. The van der Waals surface area contributed by atoms with Gasteiger partial charge in [-0.2, -0.15) is 0 Å². The molecule has 4 aliphatic carbocycles. The second-order valence-corrected chi connectivity index (χ2v) is 9.42. The summed E-state index contributed by atoms with van der Waals surface area (Å²) in [5.41, 5.74) is -0.240. The molecule has 1 aromatic carbocycles. The maximum atomic E-state index is 13.5. The minimum absolute atomic E-state index is 0.0480. The van der Waals surface area contributed by atoms with Crippen molar-refractivity contribution in [3.63, 3.8) is 0 Å². The molecule has 0 aromatic heterocycles. The average Bonchev–Trinajstić information content (AvgIpc) is 2.66. The van der Waals surface area contributed by atoms with E-state index >= 15 is 0 Å². The van der Waals surface area contributed by atoms with Gasteiger partial charge in [-0.15, -0.1) is 0 Å². The van der Waals surface area contributed by atoms with E-state index in [4.69, 9.17) is 0 Å². The largest absolute Gasteiger partial charge is 0.390 e. The Labute approximate surface area is 160 Å². The Bertz CT molecular complexity index is 740. The van der Waals surface area contributed by atoms with Crippen LogP contribution in [0.5, 0.6) is 0 Å². The van der Waals surface area contributed by atoms with Gasteiger partial charge in [-0.25, -0.2) is 0 Å². The summed E-state index contributed by atoms with van der Waals surface area (Å²) in [6, 6.07) is 9.36. The zero-order valence-corrected chi connectivity index (χ0v) is 15.8. The predicted octanol–water partition coefficient (Wildman–Crippen LogP) is 2.30. The van der Waals surface area contributed by atoms with E-state index in [0.29, 0.717) is 50.0 Å². The predicted molar refractivity (Wildman–Crippen MR) is 101 cm³/mol. The van der Waals surface area contributed by atoms with Crippen LogP contribution in [0, 0.1) is 17.3 Å². The first kappa shape index (κ1) is 17.2. The minimum atomic E-state index is -0.606. The van der Waals surface area contributed by atoms with Crippen molar-refractivity contribution in [1.82, 2.24) is 9.80 Å². The van der Waals surface area contributed by atoms with Gasteiger partial charge in [-0.1, -0.05) is 18.2 Å². The summed E-state index contributed by atoms with van der Waals surface area (Å²) in [5.74, 6) is 1.32. The lowest BCUT2D eigenvalue weighted by atomic mass is 9.47. The van der Waals surface area contributed by atoms with Crippen LogP contribution in [0.3, 0.4) is 0 Å². The van der Waals surface area contributed by atoms with E-state index < -0.39 is 5.60 Å². The number of aliphatic hydroxyl groups is 1. The Morgan fingerprint density at radius 3 is 2.07 bits per heavy atom. The second kappa shape index (κ2) is 6.06. The molecule has 144 valence electrons. The van der Waals surface area contributed by atoms with Crippen LogP contribution in [0.4, 0.5) is 0 Å². The van der Waals surface area contributed by atoms with Crippen LogP contribution in [0.25, 0.3) is 0 Å². The number of carbonyl (C=O) groups is 2. The number of benzene rings is 1. The Hall–Kier alpha value is -1.88. The molecule has 4 saturated carbocycles. The van der Waals surface area contributed by atoms with Crippen molar-refractivity contribution in [2.45, 2.75) is 44.1 Å². The molecular weight excluding hydrogens is 340 g/mol. The van der Waals surface area contributed by atoms with Gasteiger partial charge in [0.15, 0.2) is 0 Å². The summed E-state index contributed by atoms with van der Waals surface area (Å²) in [5, 5.41) is 10.9. The molecule has 5 aliphatic rings. The van der Waals surface area contributed by atoms with Gasteiger partial charge in [0.2, 0.25) is 5.91 Å². The number of nitrogens with zero attached hydrogens (tertiary/aromatic N) is 2. The molecule has 1 aromatic rings. The highest BCUT2D eigenvalue weighted by Crippen LogP contribution is 2.62. The Morgan fingerprint density at radius 2 is 1.48 bits per heavy atom. The molecule has 5 heteroatoms. The number of hydrogen-bond donors (Lipinski definition) is 1. The van der Waals surface area contributed by atoms with Gasteiger partial charge in [0.1, 0.15) is 0 Å². The quantitative estimate of drug-likeness (QED) is 0.871. The first-order chi connectivity index (χ1) is 13.0. The third-order valence-corrected chi connectivity index (χ3v) is 7.36. The van der Waals surface area contributed by atoms with Gasteiger partial charge < -0.3 is 14.9 Å². The van der Waals surface area contributed by atoms with Gasteiger partial charge in [0.25, 0.3) is 5.91 Å². The third-order valence-electron chi connectivity index (χ3n) is 7.36. The van der Waals surface area contributed by atoms with E-state index in [0.717, 1.165) is 25.7 Å². The van der Waals surface area contributed by atoms with Crippen LogP contribution >= 0.6 is 0 Å². The number of hydrogen-bond acceptors (Lipinski definition) is 3. The van der Waals surface area contributed by atoms with Crippen LogP contribution in [0.1, 0.15) is 48.9 Å². The molecule has 5 fully saturated rings. The van der Waals surface area contributed by atoms with E-state index in [1.807, 2.05) is 40.1 Å². The maximum Gasteiger partial charge on any atom is 0.253 e. The van der Waals surface area contributed by atoms with Crippen molar-refractivity contribution < 1.29 is 14.7 Å². The van der Waals surface area contributed by atoms with Gasteiger partial charge in [0, 0.05) is 31.7 Å². The molecular formula is C22H28N2O3. The fourth-order valence-electron chi connectivity index (χ4n) is 6.68. The molecule has 1 saturated heterocycles. The first-order valence-electron chi connectivity index (χ1n) is 10.3. The molecule has 1 N–H and O–H groups in total. The smallest absolute Gasteiger partial charge is 0.253 e. The fourth-order valence-corrected chi connectivity index (χ4v) is 6.68. The summed E-state index contributed by atoms with van der Waals surface area (Å²) < 4.78 is 0. The van der Waals surface area contributed by atoms with E-state index in [9.17, 15) is 14.7 Å². The zero-order valence-electron chi connectivity index (χ0n) is 15.8. The van der Waals surface area contributed by atoms with Crippen molar-refractivity contribution in [3.8, 4) is 0 Å². The summed E-state index contributed by atoms with van der Waals surface area (Å²) in [7, 11) is 0. The van der Waals surface area contributed by atoms with Crippen molar-refractivity contribution in [2.24, 2.45) is 17.3 Å². The van der Waals surface area contributed by atoms with Gasteiger partial charge in [-0.05, 0) is 62.5 Å². The van der Waals surface area contributed by atoms with Crippen LogP contribution in [-0.2, 0) is 4.79 Å². The Morgan fingerprint density at radius 1 is 0.889 bits per heavy atom. The molecule has 1 aliphatic heterocycles. The molecule has 5 nitrogen and oxygen atoms in total. The van der Waals surface area contributed by atoms with E-state index in [-0.39, 0.29) is 17.2 Å². The first-order valence-corrected chi connectivity index (χ1v) is 10.3. The van der Waals surface area contributed by atoms with E-state index in [1.165, 1.54) is 6.42 Å². The van der Waals surface area contributed by atoms with Crippen molar-refractivity contribution in [1.29, 1.82) is 0 Å². The van der Waals surface area contributed by atoms with Crippen LogP contribution < -0.4 is 0 Å². The number of amides is 2. The molecule has 4 atom stereocenters. The molecule has 27 heavy (non-hydrogen) atoms. The highest BCUT2D eigenvalue weighted by molar-refractivity contribution is 5.94. The summed E-state index contributed by atoms with van der Waals surface area (Å²) in [6.07, 6.45) is 5.52. The van der Waals surface area contributed by atoms with Crippen molar-refractivity contribution in [2.75, 3.05) is 26.2 Å². The van der Waals surface area contributed by atoms with Crippen molar-refractivity contribution >= 4 is 11.8 Å². The van der Waals surface area contributed by atoms with E-state index in [1.54, 1.807) is 0 Å². The molecule has 1 heterocycles. The Kier molecular flexibility index (Phi) is 3.87. The lowest BCUT2D eigenvalue weighted by molar-refractivity contribution is -0.186. The van der Waals surface area contributed by atoms with Crippen molar-refractivity contribution in [3.05, 3.63) is 35.9 Å². The highest BCUT2D eigenvalue weighted by Gasteiger charge is 2.60. The van der Waals surface area contributed by atoms with Gasteiger partial charge in [-0.3, -0.25) is 9.59 Å². The average molecular weight is 368 g/mol. The topological polar surface area (TPSA) is 60.9 Å².